The Morgan fingerprint density at radius 1 is 1.69 bits per heavy atom. The minimum Gasteiger partial charge on any atom is -0.394 e. The quantitative estimate of drug-likeness (QED) is 0.815. The molecule has 0 bridgehead atoms. The first-order valence-corrected chi connectivity index (χ1v) is 6.04. The zero-order valence-corrected chi connectivity index (χ0v) is 10.6. The Morgan fingerprint density at radius 3 is 2.88 bits per heavy atom. The van der Waals surface area contributed by atoms with E-state index in [4.69, 9.17) is 5.11 Å². The van der Waals surface area contributed by atoms with Crippen molar-refractivity contribution in [1.82, 2.24) is 4.90 Å². The third-order valence-corrected chi connectivity index (χ3v) is 3.54. The normalized spacial score (nSPS) is 13.0. The number of hydrogen-bond donors (Lipinski definition) is 1. The van der Waals surface area contributed by atoms with Gasteiger partial charge in [-0.25, -0.2) is 0 Å². The van der Waals surface area contributed by atoms with Gasteiger partial charge in [0.15, 0.2) is 0 Å². The Bertz CT molecular complexity index is 384. The van der Waals surface area contributed by atoms with Crippen LogP contribution in [-0.4, -0.2) is 35.6 Å². The minimum atomic E-state index is -0.151. The first kappa shape index (κ1) is 12.9. The molecule has 0 aromatic carbocycles. The number of amides is 1. The molecular formula is C12H17NO2S. The number of aryl methyl sites for hydroxylation is 1. The minimum absolute atomic E-state index is 0.0197. The Balaban J connectivity index is 2.64. The smallest absolute Gasteiger partial charge is 0.246 e. The lowest BCUT2D eigenvalue weighted by molar-refractivity contribution is -0.127. The fourth-order valence-electron chi connectivity index (χ4n) is 1.16. The second-order valence-corrected chi connectivity index (χ2v) is 4.73. The Morgan fingerprint density at radius 2 is 2.38 bits per heavy atom. The van der Waals surface area contributed by atoms with E-state index in [1.54, 1.807) is 24.5 Å². The van der Waals surface area contributed by atoms with Gasteiger partial charge in [-0.1, -0.05) is 0 Å². The molecule has 1 heterocycles. The molecule has 1 N–H and O–H groups in total. The van der Waals surface area contributed by atoms with Gasteiger partial charge in [0, 0.05) is 18.0 Å². The summed E-state index contributed by atoms with van der Waals surface area (Å²) in [6.45, 7) is 3.80. The van der Waals surface area contributed by atoms with Crippen LogP contribution < -0.4 is 0 Å². The summed E-state index contributed by atoms with van der Waals surface area (Å²) < 4.78 is 0. The van der Waals surface area contributed by atoms with Crippen molar-refractivity contribution in [3.8, 4) is 0 Å². The van der Waals surface area contributed by atoms with E-state index in [-0.39, 0.29) is 18.6 Å². The van der Waals surface area contributed by atoms with E-state index in [1.165, 1.54) is 10.5 Å². The van der Waals surface area contributed by atoms with Gasteiger partial charge in [0.05, 0.1) is 12.6 Å². The standard InChI is InChI=1S/C12H17NO2S/c1-9-6-7-16-11(9)4-5-12(15)13(3)10(2)8-14/h4-7,10,14H,8H2,1-3H3/b5-4+. The summed E-state index contributed by atoms with van der Waals surface area (Å²) in [6.07, 6.45) is 3.37. The van der Waals surface area contributed by atoms with Crippen molar-refractivity contribution in [3.63, 3.8) is 0 Å². The van der Waals surface area contributed by atoms with Crippen LogP contribution in [0.4, 0.5) is 0 Å². The maximum absolute atomic E-state index is 11.7. The predicted molar refractivity (Wildman–Crippen MR) is 67.4 cm³/mol. The van der Waals surface area contributed by atoms with Gasteiger partial charge in [-0.15, -0.1) is 11.3 Å². The zero-order valence-electron chi connectivity index (χ0n) is 9.80. The van der Waals surface area contributed by atoms with Gasteiger partial charge in [-0.2, -0.15) is 0 Å². The van der Waals surface area contributed by atoms with E-state index in [2.05, 4.69) is 0 Å². The number of likely N-dealkylation sites (N-methyl/N-ethyl adjacent to an activating group) is 1. The summed E-state index contributed by atoms with van der Waals surface area (Å²) in [5, 5.41) is 10.9. The van der Waals surface area contributed by atoms with E-state index < -0.39 is 0 Å². The van der Waals surface area contributed by atoms with Crippen molar-refractivity contribution in [2.24, 2.45) is 0 Å². The molecule has 4 heteroatoms. The predicted octanol–water partition coefficient (Wildman–Crippen LogP) is 1.91. The molecule has 1 aromatic rings. The number of carbonyl (C=O) groups is 1. The summed E-state index contributed by atoms with van der Waals surface area (Å²) in [7, 11) is 1.69. The molecule has 88 valence electrons. The zero-order chi connectivity index (χ0) is 12.1. The summed E-state index contributed by atoms with van der Waals surface area (Å²) in [4.78, 5) is 14.3. The second-order valence-electron chi connectivity index (χ2n) is 3.78. The van der Waals surface area contributed by atoms with Crippen LogP contribution in [0.25, 0.3) is 6.08 Å². The number of carbonyl (C=O) groups excluding carboxylic acids is 1. The van der Waals surface area contributed by atoms with Crippen molar-refractivity contribution < 1.29 is 9.90 Å². The molecule has 1 unspecified atom stereocenters. The van der Waals surface area contributed by atoms with Gasteiger partial charge >= 0.3 is 0 Å². The van der Waals surface area contributed by atoms with Crippen LogP contribution in [-0.2, 0) is 4.79 Å². The molecular weight excluding hydrogens is 222 g/mol. The topological polar surface area (TPSA) is 40.5 Å². The van der Waals surface area contributed by atoms with Gasteiger partial charge in [-0.05, 0) is 36.9 Å². The van der Waals surface area contributed by atoms with Crippen LogP contribution in [0.15, 0.2) is 17.5 Å². The lowest BCUT2D eigenvalue weighted by Gasteiger charge is -2.21. The summed E-state index contributed by atoms with van der Waals surface area (Å²) in [5.74, 6) is -0.0886. The molecule has 0 saturated heterocycles. The Labute approximate surface area is 100 Å². The second kappa shape index (κ2) is 5.82. The van der Waals surface area contributed by atoms with Gasteiger partial charge < -0.3 is 10.0 Å². The molecule has 0 aliphatic rings. The highest BCUT2D eigenvalue weighted by Crippen LogP contribution is 2.17. The van der Waals surface area contributed by atoms with E-state index in [9.17, 15) is 4.79 Å². The lowest BCUT2D eigenvalue weighted by Crippen LogP contribution is -2.36. The third kappa shape index (κ3) is 3.18. The molecule has 0 radical (unpaired) electrons. The lowest BCUT2D eigenvalue weighted by atomic mass is 10.2. The fourth-order valence-corrected chi connectivity index (χ4v) is 1.98. The number of aliphatic hydroxyl groups is 1. The molecule has 1 atom stereocenters. The van der Waals surface area contributed by atoms with Crippen molar-refractivity contribution in [3.05, 3.63) is 28.0 Å². The number of rotatable bonds is 4. The molecule has 16 heavy (non-hydrogen) atoms. The summed E-state index contributed by atoms with van der Waals surface area (Å²) in [6, 6.07) is 1.87. The Kier molecular flexibility index (Phi) is 4.71. The molecule has 0 spiro atoms. The van der Waals surface area contributed by atoms with Crippen LogP contribution in [0.3, 0.4) is 0 Å². The maximum atomic E-state index is 11.7. The largest absolute Gasteiger partial charge is 0.394 e. The Hall–Kier alpha value is -1.13. The van der Waals surface area contributed by atoms with Crippen molar-refractivity contribution >= 4 is 23.3 Å². The highest BCUT2D eigenvalue weighted by molar-refractivity contribution is 7.11. The summed E-state index contributed by atoms with van der Waals surface area (Å²) >= 11 is 1.61. The molecule has 0 aliphatic carbocycles. The number of thiophene rings is 1. The molecule has 3 nitrogen and oxygen atoms in total. The van der Waals surface area contributed by atoms with E-state index in [0.29, 0.717) is 0 Å². The van der Waals surface area contributed by atoms with E-state index in [0.717, 1.165) is 4.88 Å². The molecule has 0 saturated carbocycles. The number of hydrogen-bond acceptors (Lipinski definition) is 3. The highest BCUT2D eigenvalue weighted by Gasteiger charge is 2.11. The van der Waals surface area contributed by atoms with Crippen LogP contribution in [0.2, 0.25) is 0 Å². The molecule has 1 rings (SSSR count). The average molecular weight is 239 g/mol. The molecule has 0 aliphatic heterocycles. The van der Waals surface area contributed by atoms with Crippen molar-refractivity contribution in [2.75, 3.05) is 13.7 Å². The van der Waals surface area contributed by atoms with E-state index >= 15 is 0 Å². The van der Waals surface area contributed by atoms with Gasteiger partial charge in [-0.3, -0.25) is 4.79 Å². The SMILES string of the molecule is Cc1ccsc1/C=C/C(=O)N(C)C(C)CO. The van der Waals surface area contributed by atoms with Gasteiger partial charge in [0.2, 0.25) is 5.91 Å². The third-order valence-electron chi connectivity index (χ3n) is 2.55. The monoisotopic (exact) mass is 239 g/mol. The first-order chi connectivity index (χ1) is 7.56. The van der Waals surface area contributed by atoms with E-state index in [1.807, 2.05) is 31.4 Å². The summed E-state index contributed by atoms with van der Waals surface area (Å²) in [5.41, 5.74) is 1.17. The number of nitrogens with zero attached hydrogens (tertiary/aromatic N) is 1. The van der Waals surface area contributed by atoms with Crippen LogP contribution in [0.5, 0.6) is 0 Å². The van der Waals surface area contributed by atoms with Crippen LogP contribution >= 0.6 is 11.3 Å². The molecule has 0 fully saturated rings. The van der Waals surface area contributed by atoms with Gasteiger partial charge in [0.1, 0.15) is 0 Å². The van der Waals surface area contributed by atoms with Crippen molar-refractivity contribution in [2.45, 2.75) is 19.9 Å². The first-order valence-electron chi connectivity index (χ1n) is 5.16. The van der Waals surface area contributed by atoms with Crippen LogP contribution in [0.1, 0.15) is 17.4 Å². The van der Waals surface area contributed by atoms with Crippen LogP contribution in [0, 0.1) is 6.92 Å². The van der Waals surface area contributed by atoms with Gasteiger partial charge in [0.25, 0.3) is 0 Å². The molecule has 1 aromatic heterocycles. The van der Waals surface area contributed by atoms with Crippen molar-refractivity contribution in [1.29, 1.82) is 0 Å². The number of aliphatic hydroxyl groups excluding tert-OH is 1. The fraction of sp³-hybridized carbons (Fsp3) is 0.417. The molecule has 1 amide bonds. The maximum Gasteiger partial charge on any atom is 0.246 e. The highest BCUT2D eigenvalue weighted by atomic mass is 32.1. The average Bonchev–Trinajstić information content (AvgIpc) is 2.69.